The Hall–Kier alpha value is -1.89. The Bertz CT molecular complexity index is 697. The Morgan fingerprint density at radius 1 is 1.30 bits per heavy atom. The molecule has 0 saturated carbocycles. The maximum Gasteiger partial charge on any atom is 0.330 e. The van der Waals surface area contributed by atoms with Crippen molar-refractivity contribution in [3.63, 3.8) is 0 Å². The molecule has 3 N–H and O–H groups in total. The third-order valence-electron chi connectivity index (χ3n) is 3.74. The summed E-state index contributed by atoms with van der Waals surface area (Å²) >= 11 is 0. The van der Waals surface area contributed by atoms with Crippen LogP contribution in [0.5, 0.6) is 5.75 Å². The van der Waals surface area contributed by atoms with Gasteiger partial charge < -0.3 is 10.2 Å². The zero-order chi connectivity index (χ0) is 14.5. The van der Waals surface area contributed by atoms with E-state index in [9.17, 15) is 18.6 Å². The molecule has 1 aliphatic carbocycles. The molecule has 1 heterocycles. The van der Waals surface area contributed by atoms with Crippen molar-refractivity contribution in [2.75, 3.05) is 4.31 Å². The second kappa shape index (κ2) is 4.31. The minimum atomic E-state index is -3.87. The van der Waals surface area contributed by atoms with Gasteiger partial charge in [-0.15, -0.1) is 0 Å². The van der Waals surface area contributed by atoms with Crippen LogP contribution in [0.15, 0.2) is 24.2 Å². The molecule has 6 nitrogen and oxygen atoms in total. The topological polar surface area (TPSA) is 89.9 Å². The molecule has 0 amide bonds. The van der Waals surface area contributed by atoms with E-state index < -0.39 is 16.1 Å². The van der Waals surface area contributed by atoms with Crippen molar-refractivity contribution in [3.05, 3.63) is 35.3 Å². The molecule has 0 spiro atoms. The van der Waals surface area contributed by atoms with Crippen LogP contribution in [-0.4, -0.2) is 18.6 Å². The zero-order valence-corrected chi connectivity index (χ0v) is 11.8. The van der Waals surface area contributed by atoms with Gasteiger partial charge in [0.25, 0.3) is 0 Å². The number of fused-ring (bicyclic) bond motifs is 1. The molecule has 3 rings (SSSR count). The number of aryl methyl sites for hydroxylation is 1. The third-order valence-corrected chi connectivity index (χ3v) is 5.03. The molecule has 0 bridgehead atoms. The molecule has 1 aromatic carbocycles. The van der Waals surface area contributed by atoms with Crippen LogP contribution in [0.3, 0.4) is 0 Å². The smallest absolute Gasteiger partial charge is 0.330 e. The van der Waals surface area contributed by atoms with Crippen molar-refractivity contribution in [2.45, 2.75) is 26.2 Å². The summed E-state index contributed by atoms with van der Waals surface area (Å²) in [5.41, 5.74) is 2.27. The molecule has 1 aliphatic heterocycles. The molecule has 0 aromatic heterocycles. The molecular weight excluding hydrogens is 280 g/mol. The van der Waals surface area contributed by atoms with Crippen LogP contribution in [0, 0.1) is 5.92 Å². The van der Waals surface area contributed by atoms with Gasteiger partial charge in [0, 0.05) is 0 Å². The highest BCUT2D eigenvalue weighted by atomic mass is 32.2. The van der Waals surface area contributed by atoms with E-state index in [0.717, 1.165) is 40.9 Å². The molecule has 0 fully saturated rings. The number of aliphatic hydroxyl groups is 1. The van der Waals surface area contributed by atoms with Gasteiger partial charge in [0.15, 0.2) is 0 Å². The maximum absolute atomic E-state index is 11.8. The van der Waals surface area contributed by atoms with Gasteiger partial charge in [-0.3, -0.25) is 0 Å². The van der Waals surface area contributed by atoms with Crippen LogP contribution in [0.4, 0.5) is 5.69 Å². The van der Waals surface area contributed by atoms with Gasteiger partial charge >= 0.3 is 10.2 Å². The lowest BCUT2D eigenvalue weighted by Gasteiger charge is -2.24. The number of phenols is 1. The third kappa shape index (κ3) is 2.07. The van der Waals surface area contributed by atoms with Crippen LogP contribution in [0.1, 0.15) is 24.5 Å². The second-order valence-corrected chi connectivity index (χ2v) is 6.92. The normalized spacial score (nSPS) is 23.9. The van der Waals surface area contributed by atoms with E-state index >= 15 is 0 Å². The number of phenolic OH excluding ortho intramolecular Hbond substituents is 1. The number of hydrogen-bond acceptors (Lipinski definition) is 4. The first kappa shape index (κ1) is 13.1. The number of hydrogen-bond donors (Lipinski definition) is 3. The summed E-state index contributed by atoms with van der Waals surface area (Å²) in [5.74, 6) is -0.0257. The summed E-state index contributed by atoms with van der Waals surface area (Å²) in [5, 5.41) is 19.4. The van der Waals surface area contributed by atoms with Crippen LogP contribution >= 0.6 is 0 Å². The predicted molar refractivity (Wildman–Crippen MR) is 74.5 cm³/mol. The van der Waals surface area contributed by atoms with Crippen LogP contribution in [-0.2, 0) is 23.1 Å². The molecule has 0 saturated heterocycles. The summed E-state index contributed by atoms with van der Waals surface area (Å²) in [4.78, 5) is 0. The monoisotopic (exact) mass is 296 g/mol. The van der Waals surface area contributed by atoms with E-state index in [1.165, 1.54) is 0 Å². The van der Waals surface area contributed by atoms with Gasteiger partial charge in [0.1, 0.15) is 11.4 Å². The van der Waals surface area contributed by atoms with Gasteiger partial charge in [-0.2, -0.15) is 8.42 Å². The summed E-state index contributed by atoms with van der Waals surface area (Å²) in [6, 6.07) is 3.31. The lowest BCUT2D eigenvalue weighted by Crippen LogP contribution is -2.30. The Balaban J connectivity index is 2.09. The highest BCUT2D eigenvalue weighted by Gasteiger charge is 2.31. The van der Waals surface area contributed by atoms with Crippen molar-refractivity contribution in [2.24, 2.45) is 5.92 Å². The van der Waals surface area contributed by atoms with Crippen LogP contribution < -0.4 is 9.03 Å². The average Bonchev–Trinajstić information content (AvgIpc) is 2.62. The Labute approximate surface area is 117 Å². The molecular formula is C13H16N2O4S. The zero-order valence-electron chi connectivity index (χ0n) is 11.0. The molecule has 1 aromatic rings. The van der Waals surface area contributed by atoms with Gasteiger partial charge in [-0.25, -0.2) is 9.03 Å². The minimum Gasteiger partial charge on any atom is -0.506 e. The number of rotatable bonds is 1. The highest BCUT2D eigenvalue weighted by molar-refractivity contribution is 7.91. The second-order valence-electron chi connectivity index (χ2n) is 5.37. The Morgan fingerprint density at radius 2 is 2.05 bits per heavy atom. The van der Waals surface area contributed by atoms with E-state index in [0.29, 0.717) is 5.92 Å². The predicted octanol–water partition coefficient (Wildman–Crippen LogP) is 1.53. The van der Waals surface area contributed by atoms with E-state index in [4.69, 9.17) is 0 Å². The summed E-state index contributed by atoms with van der Waals surface area (Å²) in [6.07, 6.45) is 3.86. The van der Waals surface area contributed by atoms with Gasteiger partial charge in [-0.1, -0.05) is 6.92 Å². The fourth-order valence-corrected chi connectivity index (χ4v) is 3.79. The van der Waals surface area contributed by atoms with Crippen molar-refractivity contribution in [3.8, 4) is 5.75 Å². The minimum absolute atomic E-state index is 0.102. The van der Waals surface area contributed by atoms with Crippen LogP contribution in [0.25, 0.3) is 0 Å². The molecule has 7 heteroatoms. The van der Waals surface area contributed by atoms with E-state index in [-0.39, 0.29) is 11.4 Å². The first-order chi connectivity index (χ1) is 9.37. The number of nitrogens with one attached hydrogen (secondary N) is 1. The van der Waals surface area contributed by atoms with E-state index in [1.807, 2.05) is 4.72 Å². The number of aromatic hydroxyl groups is 1. The fourth-order valence-electron chi connectivity index (χ4n) is 2.73. The number of nitrogens with zero attached hydrogens (tertiary/aromatic N) is 1. The number of anilines is 1. The lowest BCUT2D eigenvalue weighted by atomic mass is 9.84. The summed E-state index contributed by atoms with van der Waals surface area (Å²) in [7, 11) is -3.87. The lowest BCUT2D eigenvalue weighted by molar-refractivity contribution is 0.392. The number of aliphatic hydroxyl groups excluding tert-OH is 1. The van der Waals surface area contributed by atoms with Crippen molar-refractivity contribution >= 4 is 15.9 Å². The molecule has 108 valence electrons. The largest absolute Gasteiger partial charge is 0.506 e. The van der Waals surface area contributed by atoms with Gasteiger partial charge in [-0.05, 0) is 48.4 Å². The maximum atomic E-state index is 11.8. The van der Waals surface area contributed by atoms with E-state index in [2.05, 4.69) is 6.92 Å². The van der Waals surface area contributed by atoms with Crippen molar-refractivity contribution in [1.82, 2.24) is 4.72 Å². The standard InChI is InChI=1S/C13H16N2O4S/c1-8-2-3-9-6-12(16)11(5-10(9)4-8)15-7-13(17)14-20(15,18)19/h5-8,14,16-17H,2-4H2,1H3. The Kier molecular flexibility index (Phi) is 2.82. The first-order valence-electron chi connectivity index (χ1n) is 6.44. The van der Waals surface area contributed by atoms with Gasteiger partial charge in [0.2, 0.25) is 5.88 Å². The highest BCUT2D eigenvalue weighted by Crippen LogP contribution is 2.37. The van der Waals surface area contributed by atoms with Crippen molar-refractivity contribution < 1.29 is 18.6 Å². The summed E-state index contributed by atoms with van der Waals surface area (Å²) in [6.45, 7) is 2.15. The van der Waals surface area contributed by atoms with Gasteiger partial charge in [0.05, 0.1) is 6.20 Å². The first-order valence-corrected chi connectivity index (χ1v) is 7.88. The molecule has 1 atom stereocenters. The Morgan fingerprint density at radius 3 is 2.70 bits per heavy atom. The molecule has 2 aliphatic rings. The molecule has 0 radical (unpaired) electrons. The van der Waals surface area contributed by atoms with Crippen molar-refractivity contribution in [1.29, 1.82) is 0 Å². The fraction of sp³-hybridized carbons (Fsp3) is 0.385. The molecule has 1 unspecified atom stereocenters. The SMILES string of the molecule is CC1CCc2cc(O)c(N3C=C(O)NS3(=O)=O)cc2C1. The number of benzene rings is 1. The van der Waals surface area contributed by atoms with Crippen LogP contribution in [0.2, 0.25) is 0 Å². The average molecular weight is 296 g/mol. The summed E-state index contributed by atoms with van der Waals surface area (Å²) < 4.78 is 26.5. The van der Waals surface area contributed by atoms with E-state index in [1.54, 1.807) is 12.1 Å². The molecule has 20 heavy (non-hydrogen) atoms. The quantitative estimate of drug-likeness (QED) is 0.733.